The molecule has 0 radical (unpaired) electrons. The van der Waals surface area contributed by atoms with E-state index in [2.05, 4.69) is 104 Å². The SMILES string of the molecule is Cc1ccccc1B(B(C(C)C(C)C)C(C)C(C)C)c1ccccc1C. The highest BCUT2D eigenvalue weighted by Crippen LogP contribution is 2.34. The van der Waals surface area contributed by atoms with Crippen LogP contribution in [0.2, 0.25) is 11.6 Å². The molecule has 0 spiro atoms. The minimum absolute atomic E-state index is 0.451. The van der Waals surface area contributed by atoms with Gasteiger partial charge in [-0.15, -0.1) is 0 Å². The predicted molar refractivity (Wildman–Crippen MR) is 122 cm³/mol. The fourth-order valence-corrected chi connectivity index (χ4v) is 4.43. The van der Waals surface area contributed by atoms with Crippen LogP contribution < -0.4 is 10.9 Å². The van der Waals surface area contributed by atoms with Crippen molar-refractivity contribution in [3.63, 3.8) is 0 Å². The van der Waals surface area contributed by atoms with Crippen LogP contribution in [-0.4, -0.2) is 13.2 Å². The first-order chi connectivity index (χ1) is 12.3. The summed E-state index contributed by atoms with van der Waals surface area (Å²) in [5, 5.41) is 0. The molecule has 2 aromatic carbocycles. The van der Waals surface area contributed by atoms with Crippen LogP contribution in [0, 0.1) is 25.7 Å². The van der Waals surface area contributed by atoms with Gasteiger partial charge in [-0.25, -0.2) is 0 Å². The van der Waals surface area contributed by atoms with E-state index in [1.165, 1.54) is 22.1 Å². The molecule has 2 unspecified atom stereocenters. The Balaban J connectivity index is 2.71. The maximum atomic E-state index is 2.47. The molecule has 2 atom stereocenters. The summed E-state index contributed by atoms with van der Waals surface area (Å²) >= 11 is 0. The van der Waals surface area contributed by atoms with Gasteiger partial charge in [-0.05, 0) is 13.8 Å². The lowest BCUT2D eigenvalue weighted by atomic mass is 8.98. The van der Waals surface area contributed by atoms with Crippen LogP contribution in [0.25, 0.3) is 0 Å². The molecule has 0 amide bonds. The van der Waals surface area contributed by atoms with E-state index < -0.39 is 0 Å². The topological polar surface area (TPSA) is 0 Å². The van der Waals surface area contributed by atoms with Crippen molar-refractivity contribution in [3.8, 4) is 0 Å². The number of rotatable bonds is 7. The Labute approximate surface area is 162 Å². The van der Waals surface area contributed by atoms with E-state index in [-0.39, 0.29) is 0 Å². The Morgan fingerprint density at radius 2 is 0.923 bits per heavy atom. The van der Waals surface area contributed by atoms with Crippen molar-refractivity contribution in [2.45, 2.75) is 67.0 Å². The fraction of sp³-hybridized carbons (Fsp3) is 0.500. The molecule has 0 aliphatic rings. The average molecular weight is 346 g/mol. The quantitative estimate of drug-likeness (QED) is 0.575. The highest BCUT2D eigenvalue weighted by Gasteiger charge is 2.42. The molecule has 0 bridgehead atoms. The highest BCUT2D eigenvalue weighted by atomic mass is 14.1. The van der Waals surface area contributed by atoms with Crippen molar-refractivity contribution >= 4 is 24.1 Å². The van der Waals surface area contributed by atoms with Crippen molar-refractivity contribution in [1.29, 1.82) is 0 Å². The van der Waals surface area contributed by atoms with E-state index in [1.54, 1.807) is 0 Å². The van der Waals surface area contributed by atoms with Gasteiger partial charge in [-0.1, -0.05) is 136 Å². The van der Waals surface area contributed by atoms with Gasteiger partial charge in [0.15, 0.2) is 6.60 Å². The molecule has 2 aromatic rings. The minimum Gasteiger partial charge on any atom is -0.0795 e. The zero-order valence-electron chi connectivity index (χ0n) is 18.1. The Hall–Kier alpha value is -1.43. The van der Waals surface area contributed by atoms with Crippen molar-refractivity contribution in [2.75, 3.05) is 0 Å². The van der Waals surface area contributed by atoms with Crippen LogP contribution in [0.4, 0.5) is 0 Å². The van der Waals surface area contributed by atoms with E-state index in [1.807, 2.05) is 0 Å². The molecule has 0 saturated heterocycles. The second kappa shape index (κ2) is 8.98. The Bertz CT molecular complexity index is 645. The van der Waals surface area contributed by atoms with Crippen molar-refractivity contribution in [2.24, 2.45) is 11.8 Å². The van der Waals surface area contributed by atoms with Crippen molar-refractivity contribution < 1.29 is 0 Å². The Morgan fingerprint density at radius 3 is 1.23 bits per heavy atom. The summed E-state index contributed by atoms with van der Waals surface area (Å²) < 4.78 is 0. The zero-order valence-corrected chi connectivity index (χ0v) is 18.1. The third kappa shape index (κ3) is 4.45. The molecule has 0 saturated carbocycles. The van der Waals surface area contributed by atoms with E-state index in [9.17, 15) is 0 Å². The summed E-state index contributed by atoms with van der Waals surface area (Å²) in [6.45, 7) is 20.1. The van der Waals surface area contributed by atoms with Crippen LogP contribution >= 0.6 is 0 Å². The first-order valence-electron chi connectivity index (χ1n) is 10.4. The van der Waals surface area contributed by atoms with Gasteiger partial charge in [0.25, 0.3) is 0 Å². The lowest BCUT2D eigenvalue weighted by Crippen LogP contribution is -2.60. The minimum atomic E-state index is 0.451. The standard InChI is InChI=1S/C24H36B2/c1-17(2)21(7)25(22(8)18(3)4)26(23-15-11-9-13-19(23)5)24-16-12-10-14-20(24)6/h9-18,21-22H,1-8H3. The lowest BCUT2D eigenvalue weighted by molar-refractivity contribution is 0.570. The summed E-state index contributed by atoms with van der Waals surface area (Å²) in [7, 11) is 0. The molecule has 0 nitrogen and oxygen atoms in total. The molecule has 0 aliphatic carbocycles. The monoisotopic (exact) mass is 346 g/mol. The van der Waals surface area contributed by atoms with Crippen molar-refractivity contribution in [1.82, 2.24) is 0 Å². The average Bonchev–Trinajstić information content (AvgIpc) is 2.60. The summed E-state index contributed by atoms with van der Waals surface area (Å²) in [5.74, 6) is 2.68. The summed E-state index contributed by atoms with van der Waals surface area (Å²) in [4.78, 5) is 0. The summed E-state index contributed by atoms with van der Waals surface area (Å²) in [6, 6.07) is 18.0. The normalized spacial score (nSPS) is 13.8. The number of hydrogen-bond donors (Lipinski definition) is 0. The Kier molecular flexibility index (Phi) is 7.21. The van der Waals surface area contributed by atoms with E-state index in [4.69, 9.17) is 0 Å². The van der Waals surface area contributed by atoms with E-state index in [0.29, 0.717) is 36.7 Å². The lowest BCUT2D eigenvalue weighted by Gasteiger charge is -2.37. The molecule has 2 rings (SSSR count). The van der Waals surface area contributed by atoms with Crippen LogP contribution in [0.5, 0.6) is 0 Å². The van der Waals surface area contributed by atoms with Gasteiger partial charge in [0.05, 0.1) is 0 Å². The van der Waals surface area contributed by atoms with Gasteiger partial charge in [0.1, 0.15) is 6.60 Å². The van der Waals surface area contributed by atoms with Crippen LogP contribution in [-0.2, 0) is 0 Å². The summed E-state index contributed by atoms with van der Waals surface area (Å²) in [5.41, 5.74) is 5.84. The first kappa shape index (κ1) is 20.9. The summed E-state index contributed by atoms with van der Waals surface area (Å²) in [6.07, 6.45) is 0. The molecule has 0 fully saturated rings. The molecule has 0 heterocycles. The van der Waals surface area contributed by atoms with E-state index >= 15 is 0 Å². The van der Waals surface area contributed by atoms with Crippen LogP contribution in [0.1, 0.15) is 52.7 Å². The van der Waals surface area contributed by atoms with Gasteiger partial charge in [0.2, 0.25) is 0 Å². The Morgan fingerprint density at radius 1 is 0.577 bits per heavy atom. The number of benzene rings is 2. The predicted octanol–water partition coefficient (Wildman–Crippen LogP) is 5.58. The molecule has 0 aromatic heterocycles. The molecule has 26 heavy (non-hydrogen) atoms. The fourth-order valence-electron chi connectivity index (χ4n) is 4.43. The molecular weight excluding hydrogens is 310 g/mol. The molecule has 138 valence electrons. The number of aryl methyl sites for hydroxylation is 2. The van der Waals surface area contributed by atoms with Gasteiger partial charge in [0, 0.05) is 0 Å². The van der Waals surface area contributed by atoms with Crippen LogP contribution in [0.15, 0.2) is 48.5 Å². The van der Waals surface area contributed by atoms with Gasteiger partial charge in [-0.3, -0.25) is 0 Å². The second-order valence-corrected chi connectivity index (χ2v) is 8.97. The smallest absolute Gasteiger partial charge is 0.0795 e. The van der Waals surface area contributed by atoms with Gasteiger partial charge in [-0.2, -0.15) is 0 Å². The maximum Gasteiger partial charge on any atom is 0.180 e. The van der Waals surface area contributed by atoms with E-state index in [0.717, 1.165) is 0 Å². The number of hydrogen-bond acceptors (Lipinski definition) is 0. The van der Waals surface area contributed by atoms with Gasteiger partial charge < -0.3 is 0 Å². The molecule has 2 heteroatoms. The third-order valence-electron chi connectivity index (χ3n) is 6.75. The zero-order chi connectivity index (χ0) is 19.4. The maximum absolute atomic E-state index is 2.47. The van der Waals surface area contributed by atoms with Crippen molar-refractivity contribution in [3.05, 3.63) is 59.7 Å². The molecular formula is C24H36B2. The third-order valence-corrected chi connectivity index (χ3v) is 6.75. The molecule has 0 N–H and O–H groups in total. The van der Waals surface area contributed by atoms with Gasteiger partial charge >= 0.3 is 0 Å². The largest absolute Gasteiger partial charge is 0.180 e. The molecule has 0 aliphatic heterocycles. The van der Waals surface area contributed by atoms with Crippen LogP contribution in [0.3, 0.4) is 0 Å². The second-order valence-electron chi connectivity index (χ2n) is 8.97. The first-order valence-corrected chi connectivity index (χ1v) is 10.4. The highest BCUT2D eigenvalue weighted by molar-refractivity contribution is 7.34.